The van der Waals surface area contributed by atoms with Gasteiger partial charge in [0.1, 0.15) is 5.75 Å². The largest absolute Gasteiger partial charge is 0.508 e. The summed E-state index contributed by atoms with van der Waals surface area (Å²) in [7, 11) is 0. The maximum Gasteiger partial charge on any atom is 0.118 e. The first-order valence-corrected chi connectivity index (χ1v) is 7.68. The van der Waals surface area contributed by atoms with Crippen molar-refractivity contribution in [3.63, 3.8) is 0 Å². The van der Waals surface area contributed by atoms with Gasteiger partial charge in [-0.1, -0.05) is 33.3 Å². The molecule has 19 heavy (non-hydrogen) atoms. The van der Waals surface area contributed by atoms with Crippen LogP contribution in [0.25, 0.3) is 0 Å². The number of benzene rings is 1. The molecule has 0 heterocycles. The summed E-state index contributed by atoms with van der Waals surface area (Å²) < 4.78 is 0. The molecule has 0 aromatic heterocycles. The van der Waals surface area contributed by atoms with Gasteiger partial charge in [-0.05, 0) is 72.1 Å². The van der Waals surface area contributed by atoms with Gasteiger partial charge in [0.25, 0.3) is 0 Å². The SMILES string of the molecule is Cc1c(O)ccc2c1CC[C@H]1C(C)(C)CCC[C@]21C. The van der Waals surface area contributed by atoms with Crippen molar-refractivity contribution in [1.82, 2.24) is 0 Å². The standard InChI is InChI=1S/C18H26O/c1-12-13-6-9-16-17(2,3)10-5-11-18(16,4)14(13)7-8-15(12)19/h7-8,16,19H,5-6,9-11H2,1-4H3/t16-,18+/m0/s1. The molecule has 1 aromatic carbocycles. The number of hydrogen-bond donors (Lipinski definition) is 1. The van der Waals surface area contributed by atoms with E-state index in [0.29, 0.717) is 16.6 Å². The average Bonchev–Trinajstić information content (AvgIpc) is 2.33. The molecule has 0 aliphatic heterocycles. The van der Waals surface area contributed by atoms with Gasteiger partial charge in [0.2, 0.25) is 0 Å². The molecule has 0 bridgehead atoms. The molecule has 1 nitrogen and oxygen atoms in total. The second-order valence-electron chi connectivity index (χ2n) is 7.59. The number of hydrogen-bond acceptors (Lipinski definition) is 1. The molecule has 0 spiro atoms. The van der Waals surface area contributed by atoms with E-state index in [0.717, 1.165) is 17.9 Å². The molecule has 2 aliphatic carbocycles. The van der Waals surface area contributed by atoms with E-state index in [1.54, 1.807) is 0 Å². The van der Waals surface area contributed by atoms with Crippen molar-refractivity contribution in [2.75, 3.05) is 0 Å². The summed E-state index contributed by atoms with van der Waals surface area (Å²) in [6.07, 6.45) is 6.41. The molecule has 1 N–H and O–H groups in total. The van der Waals surface area contributed by atoms with Gasteiger partial charge in [-0.25, -0.2) is 0 Å². The average molecular weight is 258 g/mol. The third-order valence-electron chi connectivity index (χ3n) is 6.10. The van der Waals surface area contributed by atoms with Crippen LogP contribution in [-0.4, -0.2) is 5.11 Å². The molecule has 2 atom stereocenters. The Morgan fingerprint density at radius 1 is 1.16 bits per heavy atom. The molecule has 3 rings (SSSR count). The fourth-order valence-corrected chi connectivity index (χ4v) is 5.04. The van der Waals surface area contributed by atoms with E-state index in [1.165, 1.54) is 36.8 Å². The van der Waals surface area contributed by atoms with Crippen molar-refractivity contribution in [3.05, 3.63) is 28.8 Å². The van der Waals surface area contributed by atoms with Gasteiger partial charge in [0.05, 0.1) is 0 Å². The minimum Gasteiger partial charge on any atom is -0.508 e. The summed E-state index contributed by atoms with van der Waals surface area (Å²) in [4.78, 5) is 0. The highest BCUT2D eigenvalue weighted by Crippen LogP contribution is 2.57. The first-order valence-electron chi connectivity index (χ1n) is 7.68. The Morgan fingerprint density at radius 2 is 1.89 bits per heavy atom. The lowest BCUT2D eigenvalue weighted by Crippen LogP contribution is -2.48. The van der Waals surface area contributed by atoms with Crippen molar-refractivity contribution >= 4 is 0 Å². The zero-order chi connectivity index (χ0) is 13.8. The van der Waals surface area contributed by atoms with Crippen LogP contribution in [0.3, 0.4) is 0 Å². The second-order valence-corrected chi connectivity index (χ2v) is 7.59. The molecule has 1 fully saturated rings. The van der Waals surface area contributed by atoms with E-state index in [4.69, 9.17) is 0 Å². The molecule has 0 amide bonds. The van der Waals surface area contributed by atoms with Crippen LogP contribution < -0.4 is 0 Å². The fraction of sp³-hybridized carbons (Fsp3) is 0.667. The molecule has 104 valence electrons. The van der Waals surface area contributed by atoms with Crippen LogP contribution in [0.2, 0.25) is 0 Å². The van der Waals surface area contributed by atoms with E-state index in [-0.39, 0.29) is 0 Å². The Kier molecular flexibility index (Phi) is 2.75. The van der Waals surface area contributed by atoms with E-state index < -0.39 is 0 Å². The summed E-state index contributed by atoms with van der Waals surface area (Å²) in [5, 5.41) is 9.96. The lowest BCUT2D eigenvalue weighted by molar-refractivity contribution is 0.0405. The number of fused-ring (bicyclic) bond motifs is 3. The highest BCUT2D eigenvalue weighted by molar-refractivity contribution is 5.49. The Bertz CT molecular complexity index is 515. The van der Waals surface area contributed by atoms with E-state index >= 15 is 0 Å². The van der Waals surface area contributed by atoms with Crippen LogP contribution in [0, 0.1) is 18.3 Å². The summed E-state index contributed by atoms with van der Waals surface area (Å²) >= 11 is 0. The summed E-state index contributed by atoms with van der Waals surface area (Å²) in [6.45, 7) is 9.44. The lowest BCUT2D eigenvalue weighted by Gasteiger charge is -2.54. The minimum absolute atomic E-state index is 0.313. The van der Waals surface area contributed by atoms with Gasteiger partial charge in [0, 0.05) is 0 Å². The Morgan fingerprint density at radius 3 is 2.63 bits per heavy atom. The minimum atomic E-state index is 0.313. The maximum atomic E-state index is 9.96. The zero-order valence-corrected chi connectivity index (χ0v) is 12.7. The third kappa shape index (κ3) is 1.74. The number of rotatable bonds is 0. The molecule has 0 saturated heterocycles. The predicted molar refractivity (Wildman–Crippen MR) is 79.6 cm³/mol. The molecule has 0 radical (unpaired) electrons. The Balaban J connectivity index is 2.16. The van der Waals surface area contributed by atoms with Crippen molar-refractivity contribution in [1.29, 1.82) is 0 Å². The highest BCUT2D eigenvalue weighted by atomic mass is 16.3. The molecule has 0 unspecified atom stereocenters. The lowest BCUT2D eigenvalue weighted by atomic mass is 9.50. The van der Waals surface area contributed by atoms with Crippen LogP contribution in [0.4, 0.5) is 0 Å². The molecular formula is C18H26O. The van der Waals surface area contributed by atoms with E-state index in [9.17, 15) is 5.11 Å². The van der Waals surface area contributed by atoms with E-state index in [1.807, 2.05) is 6.07 Å². The predicted octanol–water partition coefficient (Wildman–Crippen LogP) is 4.73. The number of phenols is 1. The van der Waals surface area contributed by atoms with Gasteiger partial charge in [-0.2, -0.15) is 0 Å². The first kappa shape index (κ1) is 13.0. The zero-order valence-electron chi connectivity index (χ0n) is 12.7. The van der Waals surface area contributed by atoms with Crippen molar-refractivity contribution < 1.29 is 5.11 Å². The summed E-state index contributed by atoms with van der Waals surface area (Å²) in [5.41, 5.74) is 4.83. The van der Waals surface area contributed by atoms with Crippen LogP contribution in [0.15, 0.2) is 12.1 Å². The second kappa shape index (κ2) is 4.01. The van der Waals surface area contributed by atoms with Crippen molar-refractivity contribution in [2.45, 2.75) is 65.2 Å². The Labute approximate surface area is 117 Å². The topological polar surface area (TPSA) is 20.2 Å². The number of aromatic hydroxyl groups is 1. The molecule has 1 aromatic rings. The van der Waals surface area contributed by atoms with Crippen molar-refractivity contribution in [2.24, 2.45) is 11.3 Å². The van der Waals surface area contributed by atoms with Gasteiger partial charge in [-0.15, -0.1) is 0 Å². The third-order valence-corrected chi connectivity index (χ3v) is 6.10. The summed E-state index contributed by atoms with van der Waals surface area (Å²) in [5.74, 6) is 1.25. The normalized spacial score (nSPS) is 32.5. The molecule has 1 saturated carbocycles. The molecular weight excluding hydrogens is 232 g/mol. The van der Waals surface area contributed by atoms with Gasteiger partial charge >= 0.3 is 0 Å². The van der Waals surface area contributed by atoms with Crippen LogP contribution in [-0.2, 0) is 11.8 Å². The number of phenolic OH excluding ortho intramolecular Hbond substituents is 1. The van der Waals surface area contributed by atoms with Gasteiger partial charge in [-0.3, -0.25) is 0 Å². The van der Waals surface area contributed by atoms with Crippen molar-refractivity contribution in [3.8, 4) is 5.75 Å². The van der Waals surface area contributed by atoms with Gasteiger partial charge in [0.15, 0.2) is 0 Å². The monoisotopic (exact) mass is 258 g/mol. The smallest absolute Gasteiger partial charge is 0.118 e. The van der Waals surface area contributed by atoms with Crippen LogP contribution >= 0.6 is 0 Å². The highest BCUT2D eigenvalue weighted by Gasteiger charge is 2.49. The van der Waals surface area contributed by atoms with Gasteiger partial charge < -0.3 is 5.11 Å². The quantitative estimate of drug-likeness (QED) is 0.713. The molecule has 2 aliphatic rings. The maximum absolute atomic E-state index is 9.96. The van der Waals surface area contributed by atoms with Crippen LogP contribution in [0.1, 0.15) is 63.1 Å². The van der Waals surface area contributed by atoms with E-state index in [2.05, 4.69) is 33.8 Å². The fourth-order valence-electron chi connectivity index (χ4n) is 5.04. The summed E-state index contributed by atoms with van der Waals surface area (Å²) in [6, 6.07) is 4.11. The van der Waals surface area contributed by atoms with Crippen LogP contribution in [0.5, 0.6) is 5.75 Å². The first-order chi connectivity index (χ1) is 8.86. The Hall–Kier alpha value is -0.980. The molecule has 1 heteroatoms.